The summed E-state index contributed by atoms with van der Waals surface area (Å²) in [5.74, 6) is 0. The molecule has 6 rings (SSSR count). The van der Waals surface area contributed by atoms with Gasteiger partial charge in [0.1, 0.15) is 13.2 Å². The van der Waals surface area contributed by atoms with Crippen molar-refractivity contribution in [3.05, 3.63) is 80.3 Å². The minimum atomic E-state index is -2.47. The van der Waals surface area contributed by atoms with Gasteiger partial charge >= 0.3 is 8.25 Å². The second kappa shape index (κ2) is 10.9. The second-order valence-corrected chi connectivity index (χ2v) is 11.9. The Morgan fingerprint density at radius 2 is 1.08 bits per heavy atom. The molecule has 196 valence electrons. The van der Waals surface area contributed by atoms with Gasteiger partial charge in [-0.2, -0.15) is 10.2 Å². The molecule has 2 aliphatic rings. The van der Waals surface area contributed by atoms with Crippen LogP contribution in [0, 0.1) is 0 Å². The molecule has 0 N–H and O–H groups in total. The molecule has 0 atom stereocenters. The fraction of sp³-hybridized carbons (Fsp3) is 0.308. The first kappa shape index (κ1) is 26.3. The van der Waals surface area contributed by atoms with Gasteiger partial charge in [0.2, 0.25) is 0 Å². The lowest BCUT2D eigenvalue weighted by Gasteiger charge is -2.10. The summed E-state index contributed by atoms with van der Waals surface area (Å²) < 4.78 is 28.2. The molecule has 0 spiro atoms. The first-order chi connectivity index (χ1) is 18.4. The number of benzene rings is 2. The molecular formula is C26H22Cl4N4O3P+. The van der Waals surface area contributed by atoms with Crippen LogP contribution in [0.15, 0.2) is 48.8 Å². The molecular weight excluding hydrogens is 589 g/mol. The normalized spacial score (nSPS) is 15.3. The van der Waals surface area contributed by atoms with E-state index in [1.807, 2.05) is 9.36 Å². The van der Waals surface area contributed by atoms with Gasteiger partial charge in [-0.25, -0.2) is 0 Å². The summed E-state index contributed by atoms with van der Waals surface area (Å²) >= 11 is 25.9. The number of nitrogens with zero attached hydrogens (tertiary/aromatic N) is 4. The molecule has 2 fully saturated rings. The van der Waals surface area contributed by atoms with Crippen LogP contribution in [0.3, 0.4) is 0 Å². The van der Waals surface area contributed by atoms with E-state index in [-0.39, 0.29) is 25.3 Å². The molecule has 0 saturated heterocycles. The SMILES string of the molecule is O=[P+](OCc1c(-c2c(Cl)cccc2Cl)cnn1C1CC1)OCc1c(-c2c(Cl)cccc2Cl)cnn1C1CC1. The Bertz CT molecular complexity index is 1380. The van der Waals surface area contributed by atoms with Crippen LogP contribution in [0.4, 0.5) is 0 Å². The average Bonchev–Trinajstić information content (AvgIpc) is 3.82. The van der Waals surface area contributed by atoms with Crippen LogP contribution in [-0.2, 0) is 26.8 Å². The summed E-state index contributed by atoms with van der Waals surface area (Å²) in [6, 6.07) is 11.2. The smallest absolute Gasteiger partial charge is 0.263 e. The molecule has 2 heterocycles. The topological polar surface area (TPSA) is 71.2 Å². The van der Waals surface area contributed by atoms with Gasteiger partial charge in [0.15, 0.2) is 0 Å². The molecule has 2 aromatic carbocycles. The Labute approximate surface area is 240 Å². The highest BCUT2D eigenvalue weighted by atomic mass is 35.5. The number of halogens is 4. The van der Waals surface area contributed by atoms with E-state index in [0.29, 0.717) is 31.2 Å². The van der Waals surface area contributed by atoms with E-state index in [2.05, 4.69) is 10.2 Å². The molecule has 2 aliphatic carbocycles. The van der Waals surface area contributed by atoms with E-state index in [4.69, 9.17) is 55.5 Å². The fourth-order valence-electron chi connectivity index (χ4n) is 4.52. The van der Waals surface area contributed by atoms with Crippen LogP contribution in [-0.4, -0.2) is 19.6 Å². The van der Waals surface area contributed by atoms with E-state index >= 15 is 0 Å². The summed E-state index contributed by atoms with van der Waals surface area (Å²) in [5.41, 5.74) is 4.35. The van der Waals surface area contributed by atoms with Crippen molar-refractivity contribution in [1.29, 1.82) is 0 Å². The van der Waals surface area contributed by atoms with Gasteiger partial charge < -0.3 is 0 Å². The highest BCUT2D eigenvalue weighted by molar-refractivity contribution is 7.33. The lowest BCUT2D eigenvalue weighted by Crippen LogP contribution is -2.06. The Morgan fingerprint density at radius 1 is 0.711 bits per heavy atom. The van der Waals surface area contributed by atoms with Crippen LogP contribution in [0.1, 0.15) is 49.2 Å². The summed E-state index contributed by atoms with van der Waals surface area (Å²) in [6.07, 6.45) is 7.53. The molecule has 0 aliphatic heterocycles. The van der Waals surface area contributed by atoms with Gasteiger partial charge in [0, 0.05) is 26.8 Å². The molecule has 0 unspecified atom stereocenters. The number of hydrogen-bond donors (Lipinski definition) is 0. The van der Waals surface area contributed by atoms with Crippen LogP contribution in [0.2, 0.25) is 20.1 Å². The van der Waals surface area contributed by atoms with Crippen LogP contribution >= 0.6 is 54.7 Å². The van der Waals surface area contributed by atoms with Crippen molar-refractivity contribution in [2.75, 3.05) is 0 Å². The zero-order chi connectivity index (χ0) is 26.4. The maximum absolute atomic E-state index is 12.9. The van der Waals surface area contributed by atoms with Crippen molar-refractivity contribution < 1.29 is 13.6 Å². The molecule has 38 heavy (non-hydrogen) atoms. The zero-order valence-electron chi connectivity index (χ0n) is 20.0. The first-order valence-corrected chi connectivity index (χ1v) is 14.8. The van der Waals surface area contributed by atoms with Crippen molar-refractivity contribution in [3.63, 3.8) is 0 Å². The van der Waals surface area contributed by atoms with Gasteiger partial charge in [-0.05, 0) is 49.9 Å². The zero-order valence-corrected chi connectivity index (χ0v) is 23.9. The lowest BCUT2D eigenvalue weighted by molar-refractivity contribution is 0.204. The lowest BCUT2D eigenvalue weighted by atomic mass is 10.1. The average molecular weight is 611 g/mol. The van der Waals surface area contributed by atoms with E-state index in [1.165, 1.54) is 0 Å². The Kier molecular flexibility index (Phi) is 7.53. The van der Waals surface area contributed by atoms with Crippen molar-refractivity contribution in [2.24, 2.45) is 0 Å². The van der Waals surface area contributed by atoms with Crippen molar-refractivity contribution >= 4 is 54.7 Å². The molecule has 4 aromatic rings. The van der Waals surface area contributed by atoms with Crippen LogP contribution in [0.5, 0.6) is 0 Å². The molecule has 0 radical (unpaired) electrons. The fourth-order valence-corrected chi connectivity index (χ4v) is 6.26. The predicted octanol–water partition coefficient (Wildman–Crippen LogP) is 9.09. The number of rotatable bonds is 10. The van der Waals surface area contributed by atoms with Crippen LogP contribution in [0.25, 0.3) is 22.3 Å². The van der Waals surface area contributed by atoms with E-state index in [0.717, 1.165) is 48.2 Å². The molecule has 2 saturated carbocycles. The van der Waals surface area contributed by atoms with Gasteiger partial charge in [0.05, 0.1) is 56.0 Å². The first-order valence-electron chi connectivity index (χ1n) is 12.2. The van der Waals surface area contributed by atoms with Gasteiger partial charge in [-0.1, -0.05) is 58.5 Å². The molecule has 2 aromatic heterocycles. The van der Waals surface area contributed by atoms with Crippen LogP contribution < -0.4 is 0 Å². The molecule has 12 heteroatoms. The van der Waals surface area contributed by atoms with Gasteiger partial charge in [-0.15, -0.1) is 9.05 Å². The molecule has 0 bridgehead atoms. The maximum atomic E-state index is 12.9. The monoisotopic (exact) mass is 609 g/mol. The Hall–Kier alpha value is -1.96. The summed E-state index contributed by atoms with van der Waals surface area (Å²) in [4.78, 5) is 0. The Morgan fingerprint density at radius 3 is 1.42 bits per heavy atom. The third-order valence-corrected chi connectivity index (χ3v) is 8.60. The number of hydrogen-bond acceptors (Lipinski definition) is 5. The Balaban J connectivity index is 1.21. The quantitative estimate of drug-likeness (QED) is 0.167. The highest BCUT2D eigenvalue weighted by Gasteiger charge is 2.34. The number of aromatic nitrogens is 4. The summed E-state index contributed by atoms with van der Waals surface area (Å²) in [5, 5.41) is 11.1. The summed E-state index contributed by atoms with van der Waals surface area (Å²) in [6.45, 7) is 0.0430. The minimum absolute atomic E-state index is 0.0215. The second-order valence-electron chi connectivity index (χ2n) is 9.33. The summed E-state index contributed by atoms with van der Waals surface area (Å²) in [7, 11) is -2.47. The van der Waals surface area contributed by atoms with Crippen molar-refractivity contribution in [1.82, 2.24) is 19.6 Å². The maximum Gasteiger partial charge on any atom is 0.698 e. The van der Waals surface area contributed by atoms with E-state index < -0.39 is 8.25 Å². The van der Waals surface area contributed by atoms with Crippen molar-refractivity contribution in [2.45, 2.75) is 51.0 Å². The van der Waals surface area contributed by atoms with Gasteiger partial charge in [-0.3, -0.25) is 9.36 Å². The predicted molar refractivity (Wildman–Crippen MR) is 149 cm³/mol. The molecule has 7 nitrogen and oxygen atoms in total. The van der Waals surface area contributed by atoms with E-state index in [1.54, 1.807) is 48.8 Å². The largest absolute Gasteiger partial charge is 0.698 e. The van der Waals surface area contributed by atoms with E-state index in [9.17, 15) is 4.57 Å². The third-order valence-electron chi connectivity index (χ3n) is 6.66. The standard InChI is InChI=1S/C26H22Cl4N4O3P/c27-19-3-1-4-20(28)25(19)17-11-31-33(15-7-8-15)23(17)13-36-38(35)37-14-24-18(12-32-34(24)16-9-10-16)26-21(29)5-2-6-22(26)30/h1-6,11-12,15-16H,7-10,13-14H2/q+1. The third kappa shape index (κ3) is 5.26. The minimum Gasteiger partial charge on any atom is -0.263 e. The molecule has 0 amide bonds. The highest BCUT2D eigenvalue weighted by Crippen LogP contribution is 2.44. The van der Waals surface area contributed by atoms with Gasteiger partial charge in [0.25, 0.3) is 0 Å². The van der Waals surface area contributed by atoms with Crippen molar-refractivity contribution in [3.8, 4) is 22.3 Å².